The van der Waals surface area contributed by atoms with Crippen molar-refractivity contribution in [3.05, 3.63) is 71.3 Å². The van der Waals surface area contributed by atoms with Gasteiger partial charge in [-0.25, -0.2) is 0 Å². The Bertz CT molecular complexity index is 1370. The Kier molecular flexibility index (Phi) is 9.87. The van der Waals surface area contributed by atoms with Gasteiger partial charge < -0.3 is 60.3 Å². The first-order valence-electron chi connectivity index (χ1n) is 14.2. The van der Waals surface area contributed by atoms with Gasteiger partial charge in [0, 0.05) is 5.57 Å². The van der Waals surface area contributed by atoms with E-state index >= 15 is 0 Å². The molecule has 2 aromatic carbocycles. The van der Waals surface area contributed by atoms with Gasteiger partial charge in [0.2, 0.25) is 12.2 Å². The summed E-state index contributed by atoms with van der Waals surface area (Å²) in [6.45, 7) is 3.44. The molecule has 13 heteroatoms. The van der Waals surface area contributed by atoms with Crippen LogP contribution in [0.1, 0.15) is 19.4 Å². The lowest BCUT2D eigenvalue weighted by Crippen LogP contribution is -2.67. The maximum Gasteiger partial charge on any atom is 0.247 e. The molecule has 3 fully saturated rings. The summed E-state index contributed by atoms with van der Waals surface area (Å²) in [7, 11) is 0. The number of para-hydroxylation sites is 1. The van der Waals surface area contributed by atoms with Gasteiger partial charge in [-0.15, -0.1) is 0 Å². The summed E-state index contributed by atoms with van der Waals surface area (Å²) >= 11 is 0. The van der Waals surface area contributed by atoms with Gasteiger partial charge in [-0.2, -0.15) is 0 Å². The van der Waals surface area contributed by atoms with Crippen molar-refractivity contribution in [1.82, 2.24) is 5.32 Å². The first-order valence-corrected chi connectivity index (χ1v) is 14.2. The third-order valence-corrected chi connectivity index (χ3v) is 8.02. The molecule has 0 spiro atoms. The van der Waals surface area contributed by atoms with Crippen LogP contribution >= 0.6 is 0 Å². The number of fused-ring (bicyclic) bond motifs is 1. The van der Waals surface area contributed by atoms with E-state index in [0.717, 1.165) is 0 Å². The van der Waals surface area contributed by atoms with Gasteiger partial charge in [0.1, 0.15) is 61.9 Å². The topological polar surface area (TPSA) is 202 Å². The van der Waals surface area contributed by atoms with Crippen LogP contribution in [0.4, 0.5) is 0 Å². The Morgan fingerprint density at radius 1 is 1.00 bits per heavy atom. The van der Waals surface area contributed by atoms with Crippen LogP contribution in [0.25, 0.3) is 6.08 Å². The lowest BCUT2D eigenvalue weighted by atomic mass is 9.83. The minimum Gasteiger partial charge on any atom is -0.504 e. The van der Waals surface area contributed by atoms with E-state index in [-0.39, 0.29) is 30.5 Å². The SMILES string of the molecule is C/C(=C\c1ccc(O[C@@H]2OC(/C(C)=C/COc3ccccc3)[C@@H](O)C2N)c(O)c1)C(=O)NC1[C@@H](O)[C@@H]2OCO[C@@H]2[C@H](O)[C@H]1O. The molecule has 3 aliphatic rings. The summed E-state index contributed by atoms with van der Waals surface area (Å²) in [5.74, 6) is -0.0982. The van der Waals surface area contributed by atoms with Crippen LogP contribution in [-0.2, 0) is 19.0 Å². The Morgan fingerprint density at radius 2 is 1.70 bits per heavy atom. The summed E-state index contributed by atoms with van der Waals surface area (Å²) in [5.41, 5.74) is 7.53. The highest BCUT2D eigenvalue weighted by Crippen LogP contribution is 2.34. The predicted molar refractivity (Wildman–Crippen MR) is 155 cm³/mol. The highest BCUT2D eigenvalue weighted by Gasteiger charge is 2.53. The minimum atomic E-state index is -1.48. The van der Waals surface area contributed by atoms with Crippen molar-refractivity contribution >= 4 is 12.0 Å². The molecule has 13 nitrogen and oxygen atoms in total. The van der Waals surface area contributed by atoms with E-state index in [1.807, 2.05) is 30.3 Å². The first kappa shape index (κ1) is 31.9. The molecule has 44 heavy (non-hydrogen) atoms. The molecule has 238 valence electrons. The standard InChI is InChI=1S/C31H38N2O11/c1-15(10-11-40-18-6-4-3-5-7-18)27-23(35)21(32)31(44-27)43-20-9-8-17(13-19(20)34)12-16(2)30(39)33-22-24(36)26(38)29-28(25(22)37)41-14-42-29/h3-10,12-13,21-29,31,34-38H,11,14,32H2,1-2H3,(H,33,39)/b15-10+,16-12+/t21?,22?,23-,24-,25+,26+,27?,28-,29+,31+/m0/s1. The van der Waals surface area contributed by atoms with Gasteiger partial charge in [0.05, 0.1) is 12.1 Å². The predicted octanol–water partition coefficient (Wildman–Crippen LogP) is -0.0647. The first-order chi connectivity index (χ1) is 21.0. The van der Waals surface area contributed by atoms with Crippen molar-refractivity contribution in [2.24, 2.45) is 5.73 Å². The smallest absolute Gasteiger partial charge is 0.247 e. The normalized spacial score (nSPS) is 34.0. The number of carbonyl (C=O) groups is 1. The molecular weight excluding hydrogens is 576 g/mol. The number of aliphatic hydroxyl groups is 4. The number of hydrogen-bond donors (Lipinski definition) is 7. The number of amides is 1. The summed E-state index contributed by atoms with van der Waals surface area (Å²) in [6.07, 6.45) is -5.49. The highest BCUT2D eigenvalue weighted by molar-refractivity contribution is 5.97. The number of ether oxygens (including phenoxy) is 5. The molecule has 0 bridgehead atoms. The van der Waals surface area contributed by atoms with Crippen molar-refractivity contribution in [2.45, 2.75) is 74.9 Å². The fourth-order valence-corrected chi connectivity index (χ4v) is 5.45. The number of phenols is 1. The maximum atomic E-state index is 12.9. The van der Waals surface area contributed by atoms with Gasteiger partial charge in [-0.1, -0.05) is 24.3 Å². The summed E-state index contributed by atoms with van der Waals surface area (Å²) in [5, 5.41) is 55.2. The van der Waals surface area contributed by atoms with Gasteiger partial charge in [-0.05, 0) is 61.4 Å². The molecule has 5 rings (SSSR count). The molecule has 8 N–H and O–H groups in total. The summed E-state index contributed by atoms with van der Waals surface area (Å²) in [6, 6.07) is 11.6. The van der Waals surface area contributed by atoms with Gasteiger partial charge >= 0.3 is 0 Å². The molecule has 2 aromatic rings. The third kappa shape index (κ3) is 6.75. The molecule has 2 aliphatic heterocycles. The number of aliphatic hydroxyl groups excluding tert-OH is 4. The Labute approximate surface area is 254 Å². The monoisotopic (exact) mass is 614 g/mol. The molecule has 1 saturated carbocycles. The number of hydrogen-bond acceptors (Lipinski definition) is 12. The van der Waals surface area contributed by atoms with Crippen LogP contribution in [0.15, 0.2) is 65.8 Å². The molecule has 2 heterocycles. The zero-order valence-corrected chi connectivity index (χ0v) is 24.2. The average Bonchev–Trinajstić information content (AvgIpc) is 3.61. The maximum absolute atomic E-state index is 12.9. The number of nitrogens with two attached hydrogens (primary N) is 1. The lowest BCUT2D eigenvalue weighted by Gasteiger charge is -2.41. The van der Waals surface area contributed by atoms with E-state index in [1.165, 1.54) is 25.1 Å². The Morgan fingerprint density at radius 3 is 2.41 bits per heavy atom. The number of nitrogens with one attached hydrogen (secondary N) is 1. The molecule has 0 aromatic heterocycles. The lowest BCUT2D eigenvalue weighted by molar-refractivity contribution is -0.155. The van der Waals surface area contributed by atoms with Crippen molar-refractivity contribution in [3.8, 4) is 17.2 Å². The second-order valence-electron chi connectivity index (χ2n) is 11.1. The van der Waals surface area contributed by atoms with Crippen molar-refractivity contribution in [3.63, 3.8) is 0 Å². The number of carbonyl (C=O) groups excluding carboxylic acids is 1. The van der Waals surface area contributed by atoms with E-state index in [9.17, 15) is 30.3 Å². The number of aromatic hydroxyl groups is 1. The van der Waals surface area contributed by atoms with Crippen LogP contribution in [0, 0.1) is 0 Å². The van der Waals surface area contributed by atoms with Crippen LogP contribution in [0.3, 0.4) is 0 Å². The molecule has 1 amide bonds. The van der Waals surface area contributed by atoms with E-state index in [4.69, 9.17) is 29.4 Å². The zero-order chi connectivity index (χ0) is 31.5. The van der Waals surface area contributed by atoms with Crippen molar-refractivity contribution in [1.29, 1.82) is 0 Å². The molecule has 1 aliphatic carbocycles. The number of phenolic OH excluding ortho intramolecular Hbond substituents is 1. The molecule has 2 saturated heterocycles. The van der Waals surface area contributed by atoms with E-state index in [2.05, 4.69) is 5.32 Å². The minimum absolute atomic E-state index is 0.0578. The number of rotatable bonds is 9. The van der Waals surface area contributed by atoms with Gasteiger partial charge in [-0.3, -0.25) is 4.79 Å². The van der Waals surface area contributed by atoms with Crippen LogP contribution in [0.2, 0.25) is 0 Å². The molecular formula is C31H38N2O11. The van der Waals surface area contributed by atoms with Crippen LogP contribution in [0.5, 0.6) is 17.2 Å². The van der Waals surface area contributed by atoms with Crippen LogP contribution in [-0.4, -0.2) is 106 Å². The van der Waals surface area contributed by atoms with E-state index < -0.39 is 67.0 Å². The summed E-state index contributed by atoms with van der Waals surface area (Å²) < 4.78 is 27.9. The Hall–Kier alpha value is -3.53. The largest absolute Gasteiger partial charge is 0.504 e. The highest BCUT2D eigenvalue weighted by atomic mass is 16.7. The van der Waals surface area contributed by atoms with Gasteiger partial charge in [0.25, 0.3) is 0 Å². The second-order valence-corrected chi connectivity index (χ2v) is 11.1. The fraction of sp³-hybridized carbons (Fsp3) is 0.452. The van der Waals surface area contributed by atoms with Gasteiger partial charge in [0.15, 0.2) is 11.5 Å². The summed E-state index contributed by atoms with van der Waals surface area (Å²) in [4.78, 5) is 12.9. The fourth-order valence-electron chi connectivity index (χ4n) is 5.45. The van der Waals surface area contributed by atoms with Crippen molar-refractivity contribution in [2.75, 3.05) is 13.4 Å². The quantitative estimate of drug-likeness (QED) is 0.147. The number of benzene rings is 2. The van der Waals surface area contributed by atoms with Crippen molar-refractivity contribution < 1.29 is 54.0 Å². The third-order valence-electron chi connectivity index (χ3n) is 8.02. The van der Waals surface area contributed by atoms with E-state index in [1.54, 1.807) is 19.1 Å². The van der Waals surface area contributed by atoms with E-state index in [0.29, 0.717) is 16.9 Å². The molecule has 0 radical (unpaired) electrons. The molecule has 3 unspecified atom stereocenters. The Balaban J connectivity index is 1.18. The average molecular weight is 615 g/mol. The van der Waals surface area contributed by atoms with Crippen LogP contribution < -0.4 is 20.5 Å². The second kappa shape index (κ2) is 13.6. The zero-order valence-electron chi connectivity index (χ0n) is 24.2. The molecule has 10 atom stereocenters.